The molecule has 0 fully saturated rings. The lowest BCUT2D eigenvalue weighted by atomic mass is 10.1. The van der Waals surface area contributed by atoms with Crippen LogP contribution in [0.15, 0.2) is 76.0 Å². The summed E-state index contributed by atoms with van der Waals surface area (Å²) < 4.78 is 13.2. The number of amides is 1. The lowest BCUT2D eigenvalue weighted by molar-refractivity contribution is -0.133. The van der Waals surface area contributed by atoms with E-state index < -0.39 is 6.04 Å². The fourth-order valence-electron chi connectivity index (χ4n) is 4.69. The Labute approximate surface area is 237 Å². The molecule has 204 valence electrons. The van der Waals surface area contributed by atoms with Crippen molar-refractivity contribution in [1.82, 2.24) is 14.5 Å². The van der Waals surface area contributed by atoms with Crippen molar-refractivity contribution < 1.29 is 14.3 Å². The first-order chi connectivity index (χ1) is 18.9. The monoisotopic (exact) mass is 591 g/mol. The summed E-state index contributed by atoms with van der Waals surface area (Å²) in [5.74, 6) is 1.55. The van der Waals surface area contributed by atoms with Gasteiger partial charge in [0.1, 0.15) is 17.3 Å². The molecule has 4 rings (SSSR count). The fourth-order valence-corrected chi connectivity index (χ4v) is 5.26. The number of nitrogens with zero attached hydrogens (tertiary/aromatic N) is 3. The van der Waals surface area contributed by atoms with Crippen LogP contribution in [0.25, 0.3) is 16.6 Å². The minimum Gasteiger partial charge on any atom is -0.497 e. The summed E-state index contributed by atoms with van der Waals surface area (Å²) >= 11 is 3.63. The van der Waals surface area contributed by atoms with Crippen molar-refractivity contribution in [3.63, 3.8) is 0 Å². The van der Waals surface area contributed by atoms with Crippen LogP contribution in [-0.2, 0) is 11.2 Å². The van der Waals surface area contributed by atoms with E-state index in [-0.39, 0.29) is 11.5 Å². The predicted octanol–water partition coefficient (Wildman–Crippen LogP) is 6.49. The number of carbonyl (C=O) groups excluding carboxylic acids is 1. The summed E-state index contributed by atoms with van der Waals surface area (Å²) in [4.78, 5) is 34.5. The van der Waals surface area contributed by atoms with Crippen LogP contribution in [-0.4, -0.2) is 41.1 Å². The Bertz CT molecular complexity index is 1500. The Hall–Kier alpha value is -3.65. The lowest BCUT2D eigenvalue weighted by Crippen LogP contribution is -2.38. The highest BCUT2D eigenvalue weighted by Crippen LogP contribution is 2.37. The summed E-state index contributed by atoms with van der Waals surface area (Å²) in [6, 6.07) is 20.3. The number of hydrogen-bond acceptors (Lipinski definition) is 5. The Morgan fingerprint density at radius 3 is 2.46 bits per heavy atom. The molecule has 1 unspecified atom stereocenters. The highest BCUT2D eigenvalue weighted by Gasteiger charge is 2.28. The molecule has 4 aromatic rings. The zero-order chi connectivity index (χ0) is 27.9. The van der Waals surface area contributed by atoms with Crippen molar-refractivity contribution in [2.75, 3.05) is 20.8 Å². The van der Waals surface area contributed by atoms with Crippen LogP contribution in [0.5, 0.6) is 11.5 Å². The van der Waals surface area contributed by atoms with Crippen molar-refractivity contribution in [2.24, 2.45) is 0 Å². The number of ether oxygens (including phenoxy) is 2. The van der Waals surface area contributed by atoms with Crippen molar-refractivity contribution in [3.05, 3.63) is 92.9 Å². The number of unbranched alkanes of at least 4 members (excludes halogenated alkanes) is 1. The van der Waals surface area contributed by atoms with Crippen LogP contribution >= 0.6 is 15.9 Å². The molecule has 1 amide bonds. The predicted molar refractivity (Wildman–Crippen MR) is 158 cm³/mol. The van der Waals surface area contributed by atoms with Gasteiger partial charge < -0.3 is 14.4 Å². The van der Waals surface area contributed by atoms with E-state index in [9.17, 15) is 9.59 Å². The SMILES string of the molecule is CCCCN(C(=O)CCc1ccccc1)C(C)c1nc2ccccc2c(=O)n1-c1cc(OC)cc(OC)c1Br. The summed E-state index contributed by atoms with van der Waals surface area (Å²) in [5.41, 5.74) is 2.00. The van der Waals surface area contributed by atoms with E-state index in [2.05, 4.69) is 22.9 Å². The molecule has 0 aliphatic carbocycles. The number of aromatic nitrogens is 2. The van der Waals surface area contributed by atoms with Crippen LogP contribution in [0.4, 0.5) is 0 Å². The van der Waals surface area contributed by atoms with Crippen LogP contribution in [0.2, 0.25) is 0 Å². The smallest absolute Gasteiger partial charge is 0.266 e. The minimum atomic E-state index is -0.471. The number of benzene rings is 3. The third-order valence-electron chi connectivity index (χ3n) is 6.88. The van der Waals surface area contributed by atoms with Gasteiger partial charge in [-0.1, -0.05) is 55.8 Å². The van der Waals surface area contributed by atoms with Gasteiger partial charge in [0.15, 0.2) is 0 Å². The third-order valence-corrected chi connectivity index (χ3v) is 7.67. The average molecular weight is 593 g/mol. The molecule has 3 aromatic carbocycles. The van der Waals surface area contributed by atoms with E-state index in [1.54, 1.807) is 37.0 Å². The Kier molecular flexibility index (Phi) is 9.41. The summed E-state index contributed by atoms with van der Waals surface area (Å²) in [6.45, 7) is 4.60. The van der Waals surface area contributed by atoms with Gasteiger partial charge in [0.25, 0.3) is 5.56 Å². The van der Waals surface area contributed by atoms with Crippen LogP contribution in [0.1, 0.15) is 50.5 Å². The Balaban J connectivity index is 1.86. The van der Waals surface area contributed by atoms with Gasteiger partial charge in [-0.2, -0.15) is 0 Å². The first kappa shape index (κ1) is 28.4. The lowest BCUT2D eigenvalue weighted by Gasteiger charge is -2.31. The quantitative estimate of drug-likeness (QED) is 0.199. The van der Waals surface area contributed by atoms with E-state index in [0.29, 0.717) is 57.8 Å². The van der Waals surface area contributed by atoms with Crippen LogP contribution < -0.4 is 15.0 Å². The van der Waals surface area contributed by atoms with Gasteiger partial charge in [-0.3, -0.25) is 14.2 Å². The second kappa shape index (κ2) is 12.9. The number of carbonyl (C=O) groups is 1. The van der Waals surface area contributed by atoms with Gasteiger partial charge in [-0.15, -0.1) is 0 Å². The number of halogens is 1. The normalized spacial score (nSPS) is 11.8. The molecule has 0 aliphatic rings. The summed E-state index contributed by atoms with van der Waals surface area (Å²) in [7, 11) is 3.13. The second-order valence-electron chi connectivity index (χ2n) is 9.39. The van der Waals surface area contributed by atoms with E-state index in [1.165, 1.54) is 0 Å². The fraction of sp³-hybridized carbons (Fsp3) is 0.323. The molecule has 1 atom stereocenters. The molecular formula is C31H34BrN3O4. The highest BCUT2D eigenvalue weighted by atomic mass is 79.9. The van der Waals surface area contributed by atoms with E-state index in [4.69, 9.17) is 14.5 Å². The van der Waals surface area contributed by atoms with Crippen molar-refractivity contribution in [3.8, 4) is 17.2 Å². The first-order valence-electron chi connectivity index (χ1n) is 13.2. The van der Waals surface area contributed by atoms with Crippen molar-refractivity contribution >= 4 is 32.7 Å². The Morgan fingerprint density at radius 1 is 1.05 bits per heavy atom. The molecule has 39 heavy (non-hydrogen) atoms. The Morgan fingerprint density at radius 2 is 1.77 bits per heavy atom. The largest absolute Gasteiger partial charge is 0.497 e. The first-order valence-corrected chi connectivity index (χ1v) is 14.0. The van der Waals surface area contributed by atoms with Gasteiger partial charge in [0.2, 0.25) is 5.91 Å². The maximum Gasteiger partial charge on any atom is 0.266 e. The molecule has 8 heteroatoms. The topological polar surface area (TPSA) is 73.7 Å². The molecule has 0 radical (unpaired) electrons. The maximum atomic E-state index is 14.0. The number of para-hydroxylation sites is 1. The standard InChI is InChI=1S/C31H34BrN3O4/c1-5-6-18-34(28(36)17-16-22-12-8-7-9-13-22)21(2)30-33-25-15-11-10-14-24(25)31(37)35(30)26-19-23(38-3)20-27(39-4)29(26)32/h7-15,19-21H,5-6,16-18H2,1-4H3. The van der Waals surface area contributed by atoms with E-state index >= 15 is 0 Å². The van der Waals surface area contributed by atoms with Crippen LogP contribution in [0.3, 0.4) is 0 Å². The highest BCUT2D eigenvalue weighted by molar-refractivity contribution is 9.10. The van der Waals surface area contributed by atoms with Gasteiger partial charge >= 0.3 is 0 Å². The molecule has 0 saturated heterocycles. The molecule has 0 bridgehead atoms. The third kappa shape index (κ3) is 6.17. The average Bonchev–Trinajstić information content (AvgIpc) is 2.97. The van der Waals surface area contributed by atoms with Crippen molar-refractivity contribution in [1.29, 1.82) is 0 Å². The summed E-state index contributed by atoms with van der Waals surface area (Å²) in [5, 5.41) is 0.484. The van der Waals surface area contributed by atoms with Gasteiger partial charge in [-0.05, 0) is 53.4 Å². The van der Waals surface area contributed by atoms with E-state index in [0.717, 1.165) is 18.4 Å². The molecule has 1 aromatic heterocycles. The van der Waals surface area contributed by atoms with Crippen molar-refractivity contribution in [2.45, 2.75) is 45.6 Å². The molecule has 1 heterocycles. The zero-order valence-electron chi connectivity index (χ0n) is 22.8. The number of fused-ring (bicyclic) bond motifs is 1. The van der Waals surface area contributed by atoms with E-state index in [1.807, 2.05) is 60.4 Å². The maximum absolute atomic E-state index is 14.0. The summed E-state index contributed by atoms with van der Waals surface area (Å²) in [6.07, 6.45) is 2.79. The van der Waals surface area contributed by atoms with Crippen LogP contribution in [0, 0.1) is 0 Å². The second-order valence-corrected chi connectivity index (χ2v) is 10.2. The molecule has 0 N–H and O–H groups in total. The zero-order valence-corrected chi connectivity index (χ0v) is 24.4. The van der Waals surface area contributed by atoms with Gasteiger partial charge in [0, 0.05) is 25.1 Å². The van der Waals surface area contributed by atoms with Gasteiger partial charge in [0.05, 0.1) is 41.3 Å². The number of methoxy groups -OCH3 is 2. The molecule has 7 nitrogen and oxygen atoms in total. The molecular weight excluding hydrogens is 558 g/mol. The van der Waals surface area contributed by atoms with Gasteiger partial charge in [-0.25, -0.2) is 4.98 Å². The molecule has 0 aliphatic heterocycles. The number of hydrogen-bond donors (Lipinski definition) is 0. The molecule has 0 spiro atoms. The molecule has 0 saturated carbocycles. The minimum absolute atomic E-state index is 0.0241. The number of rotatable bonds is 11. The number of aryl methyl sites for hydroxylation is 1.